The Hall–Kier alpha value is -2.48. The minimum atomic E-state index is -4.84. The third-order valence-corrected chi connectivity index (χ3v) is 9.32. The van der Waals surface area contributed by atoms with E-state index in [-0.39, 0.29) is 35.4 Å². The van der Waals surface area contributed by atoms with Crippen LogP contribution in [0.4, 0.5) is 32.6 Å². The summed E-state index contributed by atoms with van der Waals surface area (Å²) in [5, 5.41) is -0.147. The Morgan fingerprint density at radius 1 is 1.24 bits per heavy atom. The van der Waals surface area contributed by atoms with E-state index in [2.05, 4.69) is 25.9 Å². The molecule has 0 radical (unpaired) electrons. The van der Waals surface area contributed by atoms with Crippen molar-refractivity contribution in [2.45, 2.75) is 88.9 Å². The second-order valence-electron chi connectivity index (χ2n) is 12.5. The zero-order valence-corrected chi connectivity index (χ0v) is 25.8. The van der Waals surface area contributed by atoms with Crippen LogP contribution in [0.5, 0.6) is 6.01 Å². The highest BCUT2D eigenvalue weighted by Gasteiger charge is 2.49. The van der Waals surface area contributed by atoms with Crippen LogP contribution in [0.15, 0.2) is 10.5 Å². The third-order valence-electron chi connectivity index (χ3n) is 8.54. The predicted molar refractivity (Wildman–Crippen MR) is 150 cm³/mol. The van der Waals surface area contributed by atoms with Gasteiger partial charge in [-0.2, -0.15) is 23.1 Å². The number of aromatic nitrogens is 2. The van der Waals surface area contributed by atoms with Crippen LogP contribution in [0.3, 0.4) is 0 Å². The standard InChI is InChI=1S/C28H35BrF5N5O3/c1-15-19(7-10-39(15)25(40)42-26(2,3)4)37(5)23-17-11-18(28(32,33)34)20(29)21(31)22(17)35-24(36-23)41-14-27-8-6-9-38(27)13-16(30)12-27/h11,15-16,19H,6-10,12-14H2,1-5H3/t15-,16+,19+,27-/m0/s1. The number of alkyl halides is 4. The van der Waals surface area contributed by atoms with Gasteiger partial charge in [-0.3, -0.25) is 4.90 Å². The number of ether oxygens (including phenoxy) is 2. The molecule has 3 fully saturated rings. The molecule has 3 saturated heterocycles. The second kappa shape index (κ2) is 10.9. The molecule has 4 atom stereocenters. The number of carbonyl (C=O) groups is 1. The van der Waals surface area contributed by atoms with Crippen LogP contribution in [0, 0.1) is 5.82 Å². The van der Waals surface area contributed by atoms with E-state index in [0.717, 1.165) is 25.5 Å². The Balaban J connectivity index is 1.53. The highest BCUT2D eigenvalue weighted by Crippen LogP contribution is 2.43. The van der Waals surface area contributed by atoms with Crippen molar-refractivity contribution in [3.05, 3.63) is 21.9 Å². The van der Waals surface area contributed by atoms with Crippen molar-refractivity contribution in [2.75, 3.05) is 38.2 Å². The van der Waals surface area contributed by atoms with E-state index in [9.17, 15) is 22.4 Å². The van der Waals surface area contributed by atoms with Gasteiger partial charge in [0.25, 0.3) is 0 Å². The molecule has 3 aliphatic rings. The highest BCUT2D eigenvalue weighted by atomic mass is 79.9. The van der Waals surface area contributed by atoms with Crippen molar-refractivity contribution in [2.24, 2.45) is 0 Å². The summed E-state index contributed by atoms with van der Waals surface area (Å²) in [4.78, 5) is 26.8. The maximum absolute atomic E-state index is 15.6. The van der Waals surface area contributed by atoms with Gasteiger partial charge in [0.1, 0.15) is 29.7 Å². The molecule has 0 N–H and O–H groups in total. The van der Waals surface area contributed by atoms with E-state index >= 15 is 4.39 Å². The number of hydrogen-bond acceptors (Lipinski definition) is 7. The lowest BCUT2D eigenvalue weighted by Crippen LogP contribution is -2.46. The van der Waals surface area contributed by atoms with E-state index in [0.29, 0.717) is 25.9 Å². The molecule has 0 aliphatic carbocycles. The lowest BCUT2D eigenvalue weighted by atomic mass is 9.95. The minimum Gasteiger partial charge on any atom is -0.461 e. The fourth-order valence-corrected chi connectivity index (χ4v) is 7.06. The monoisotopic (exact) mass is 663 g/mol. The number of likely N-dealkylation sites (N-methyl/N-ethyl adjacent to an activating group) is 1. The lowest BCUT2D eigenvalue weighted by molar-refractivity contribution is -0.138. The molecule has 0 saturated carbocycles. The largest absolute Gasteiger partial charge is 0.461 e. The van der Waals surface area contributed by atoms with Gasteiger partial charge >= 0.3 is 18.3 Å². The molecule has 1 aromatic heterocycles. The Morgan fingerprint density at radius 3 is 2.62 bits per heavy atom. The maximum atomic E-state index is 15.6. The number of anilines is 1. The van der Waals surface area contributed by atoms with Gasteiger partial charge in [0.2, 0.25) is 0 Å². The van der Waals surface area contributed by atoms with Crippen LogP contribution in [-0.2, 0) is 10.9 Å². The van der Waals surface area contributed by atoms with Crippen LogP contribution in [0.2, 0.25) is 0 Å². The zero-order valence-electron chi connectivity index (χ0n) is 24.2. The molecule has 8 nitrogen and oxygen atoms in total. The Kier molecular flexibility index (Phi) is 8.04. The third kappa shape index (κ3) is 5.72. The van der Waals surface area contributed by atoms with Crippen LogP contribution >= 0.6 is 15.9 Å². The summed E-state index contributed by atoms with van der Waals surface area (Å²) in [7, 11) is 1.64. The molecule has 1 aromatic carbocycles. The van der Waals surface area contributed by atoms with Crippen LogP contribution in [0.1, 0.15) is 58.9 Å². The predicted octanol–water partition coefficient (Wildman–Crippen LogP) is 6.34. The van der Waals surface area contributed by atoms with Crippen LogP contribution in [0.25, 0.3) is 10.9 Å². The second-order valence-corrected chi connectivity index (χ2v) is 13.3. The number of fused-ring (bicyclic) bond motifs is 2. The fraction of sp³-hybridized carbons (Fsp3) is 0.679. The molecule has 3 aliphatic heterocycles. The van der Waals surface area contributed by atoms with Gasteiger partial charge in [-0.15, -0.1) is 0 Å². The first-order valence-electron chi connectivity index (χ1n) is 14.0. The first-order chi connectivity index (χ1) is 19.5. The summed E-state index contributed by atoms with van der Waals surface area (Å²) in [5.74, 6) is -1.16. The molecule has 0 unspecified atom stereocenters. The first-order valence-corrected chi connectivity index (χ1v) is 14.8. The molecular formula is C28H35BrF5N5O3. The van der Waals surface area contributed by atoms with Gasteiger partial charge in [0.05, 0.1) is 27.7 Å². The summed E-state index contributed by atoms with van der Waals surface area (Å²) in [5.41, 5.74) is -2.77. The molecule has 232 valence electrons. The normalized spacial score (nSPS) is 26.6. The molecule has 4 heterocycles. The number of halogens is 6. The van der Waals surface area contributed by atoms with E-state index in [1.807, 2.05) is 11.8 Å². The minimum absolute atomic E-state index is 0.0327. The smallest absolute Gasteiger partial charge is 0.417 e. The fourth-order valence-electron chi connectivity index (χ4n) is 6.53. The van der Waals surface area contributed by atoms with Gasteiger partial charge in [-0.05, 0) is 75.5 Å². The summed E-state index contributed by atoms with van der Waals surface area (Å²) in [6.45, 7) is 8.58. The Morgan fingerprint density at radius 2 is 1.95 bits per heavy atom. The highest BCUT2D eigenvalue weighted by molar-refractivity contribution is 9.10. The molecule has 42 heavy (non-hydrogen) atoms. The van der Waals surface area contributed by atoms with Gasteiger partial charge in [-0.25, -0.2) is 13.6 Å². The van der Waals surface area contributed by atoms with Gasteiger partial charge < -0.3 is 19.3 Å². The quantitative estimate of drug-likeness (QED) is 0.346. The van der Waals surface area contributed by atoms with Crippen LogP contribution in [-0.4, -0.2) is 88.5 Å². The van der Waals surface area contributed by atoms with Gasteiger partial charge in [0, 0.05) is 31.9 Å². The molecule has 0 spiro atoms. The topological polar surface area (TPSA) is 71.0 Å². The first kappa shape index (κ1) is 31.0. The molecule has 1 amide bonds. The summed E-state index contributed by atoms with van der Waals surface area (Å²) >= 11 is 2.77. The average molecular weight is 665 g/mol. The lowest BCUT2D eigenvalue weighted by Gasteiger charge is -2.33. The number of benzene rings is 1. The summed E-state index contributed by atoms with van der Waals surface area (Å²) in [6.07, 6.45) is -3.95. The van der Waals surface area contributed by atoms with E-state index in [1.54, 1.807) is 37.6 Å². The number of likely N-dealkylation sites (tertiary alicyclic amines) is 1. The van der Waals surface area contributed by atoms with Gasteiger partial charge in [-0.1, -0.05) is 0 Å². The number of nitrogens with zero attached hydrogens (tertiary/aromatic N) is 5. The maximum Gasteiger partial charge on any atom is 0.417 e. The Labute approximate surface area is 249 Å². The number of amides is 1. The van der Waals surface area contributed by atoms with Gasteiger partial charge in [0.15, 0.2) is 5.82 Å². The molecule has 14 heteroatoms. The molecule has 2 aromatic rings. The van der Waals surface area contributed by atoms with Crippen molar-refractivity contribution in [3.8, 4) is 6.01 Å². The van der Waals surface area contributed by atoms with Crippen molar-refractivity contribution < 1.29 is 36.2 Å². The zero-order chi connectivity index (χ0) is 30.8. The van der Waals surface area contributed by atoms with Crippen molar-refractivity contribution >= 4 is 38.7 Å². The van der Waals surface area contributed by atoms with Crippen molar-refractivity contribution in [1.29, 1.82) is 0 Å². The average Bonchev–Trinajstić information content (AvgIpc) is 3.54. The molecular weight excluding hydrogens is 629 g/mol. The van der Waals surface area contributed by atoms with E-state index in [1.165, 1.54) is 0 Å². The van der Waals surface area contributed by atoms with Crippen molar-refractivity contribution in [3.63, 3.8) is 0 Å². The van der Waals surface area contributed by atoms with E-state index < -0.39 is 51.5 Å². The molecule has 5 rings (SSSR count). The number of rotatable bonds is 5. The molecule has 0 bridgehead atoms. The number of carbonyl (C=O) groups excluding carboxylic acids is 1. The van der Waals surface area contributed by atoms with Crippen LogP contribution < -0.4 is 9.64 Å². The summed E-state index contributed by atoms with van der Waals surface area (Å²) in [6, 6.07) is -0.165. The van der Waals surface area contributed by atoms with Crippen molar-refractivity contribution in [1.82, 2.24) is 19.8 Å². The Bertz CT molecular complexity index is 1370. The number of hydrogen-bond donors (Lipinski definition) is 0. The SMILES string of the molecule is C[C@H]1[C@H](N(C)c2nc(OC[C@@]34CCCN3C[C@H](F)C4)nc3c(F)c(Br)c(C(F)(F)F)cc23)CCN1C(=O)OC(C)(C)C. The summed E-state index contributed by atoms with van der Waals surface area (Å²) < 4.78 is 82.3. The van der Waals surface area contributed by atoms with E-state index in [4.69, 9.17) is 9.47 Å².